The molecule has 7 heteroatoms. The van der Waals surface area contributed by atoms with Crippen LogP contribution in [-0.4, -0.2) is 75.1 Å². The number of hydrogen-bond donors (Lipinski definition) is 2. The van der Waals surface area contributed by atoms with E-state index in [0.717, 1.165) is 43.3 Å². The van der Waals surface area contributed by atoms with E-state index in [2.05, 4.69) is 32.7 Å². The number of nitrogens with one attached hydrogen (secondary N) is 2. The molecule has 28 heavy (non-hydrogen) atoms. The van der Waals surface area contributed by atoms with Crippen molar-refractivity contribution in [3.05, 3.63) is 29.8 Å². The molecule has 0 bridgehead atoms. The fourth-order valence-electron chi connectivity index (χ4n) is 3.11. The molecule has 1 aliphatic heterocycles. The molecule has 2 rings (SSSR count). The molecule has 1 fully saturated rings. The summed E-state index contributed by atoms with van der Waals surface area (Å²) in [4.78, 5) is 20.5. The number of likely N-dealkylation sites (tertiary alicyclic amines) is 1. The van der Waals surface area contributed by atoms with Crippen LogP contribution in [0.25, 0.3) is 0 Å². The van der Waals surface area contributed by atoms with E-state index < -0.39 is 0 Å². The number of likely N-dealkylation sites (N-methyl/N-ethyl adjacent to an activating group) is 1. The summed E-state index contributed by atoms with van der Waals surface area (Å²) >= 11 is 0. The maximum atomic E-state index is 12.1. The van der Waals surface area contributed by atoms with E-state index in [4.69, 9.17) is 4.74 Å². The van der Waals surface area contributed by atoms with Gasteiger partial charge >= 0.3 is 0 Å². The fourth-order valence-corrected chi connectivity index (χ4v) is 3.11. The summed E-state index contributed by atoms with van der Waals surface area (Å²) in [7, 11) is 5.83. The zero-order chi connectivity index (χ0) is 20.5. The minimum atomic E-state index is 0.0448. The Hall–Kier alpha value is -2.28. The van der Waals surface area contributed by atoms with E-state index in [1.807, 2.05) is 45.0 Å². The van der Waals surface area contributed by atoms with Crippen molar-refractivity contribution in [2.24, 2.45) is 10.9 Å². The minimum Gasteiger partial charge on any atom is -0.492 e. The van der Waals surface area contributed by atoms with Gasteiger partial charge in [0, 0.05) is 45.2 Å². The van der Waals surface area contributed by atoms with Crippen molar-refractivity contribution in [1.82, 2.24) is 20.4 Å². The Labute approximate surface area is 169 Å². The summed E-state index contributed by atoms with van der Waals surface area (Å²) in [5.74, 6) is 1.90. The van der Waals surface area contributed by atoms with Crippen molar-refractivity contribution < 1.29 is 9.53 Å². The van der Waals surface area contributed by atoms with Crippen LogP contribution in [0.5, 0.6) is 5.75 Å². The van der Waals surface area contributed by atoms with Gasteiger partial charge in [0.2, 0.25) is 5.91 Å². The first-order chi connectivity index (χ1) is 13.4. The Morgan fingerprint density at radius 1 is 1.39 bits per heavy atom. The van der Waals surface area contributed by atoms with Gasteiger partial charge in [-0.1, -0.05) is 26.0 Å². The largest absolute Gasteiger partial charge is 0.492 e. The molecule has 1 aliphatic rings. The number of ether oxygens (including phenoxy) is 1. The number of carbonyl (C=O) groups excluding carboxylic acids is 1. The van der Waals surface area contributed by atoms with Crippen molar-refractivity contribution in [3.63, 3.8) is 0 Å². The predicted molar refractivity (Wildman–Crippen MR) is 114 cm³/mol. The molecular weight excluding hydrogens is 354 g/mol. The number of carbonyl (C=O) groups is 1. The molecule has 0 radical (unpaired) electrons. The maximum Gasteiger partial charge on any atom is 0.225 e. The second-order valence-electron chi connectivity index (χ2n) is 7.79. The highest BCUT2D eigenvalue weighted by Gasteiger charge is 2.27. The third-order valence-corrected chi connectivity index (χ3v) is 4.72. The molecule has 1 amide bonds. The van der Waals surface area contributed by atoms with Crippen molar-refractivity contribution in [1.29, 1.82) is 0 Å². The number of benzene rings is 1. The molecule has 1 atom stereocenters. The zero-order valence-electron chi connectivity index (χ0n) is 17.9. The topological polar surface area (TPSA) is 69.2 Å². The second-order valence-corrected chi connectivity index (χ2v) is 7.79. The maximum absolute atomic E-state index is 12.1. The van der Waals surface area contributed by atoms with E-state index in [1.54, 1.807) is 7.05 Å². The van der Waals surface area contributed by atoms with Crippen LogP contribution < -0.4 is 15.4 Å². The fraction of sp³-hybridized carbons (Fsp3) is 0.619. The van der Waals surface area contributed by atoms with E-state index in [-0.39, 0.29) is 17.9 Å². The van der Waals surface area contributed by atoms with Gasteiger partial charge in [-0.2, -0.15) is 0 Å². The smallest absolute Gasteiger partial charge is 0.225 e. The monoisotopic (exact) mass is 389 g/mol. The average Bonchev–Trinajstić information content (AvgIpc) is 3.13. The molecule has 2 N–H and O–H groups in total. The van der Waals surface area contributed by atoms with Gasteiger partial charge < -0.3 is 25.2 Å². The lowest BCUT2D eigenvalue weighted by Crippen LogP contribution is -2.45. The molecule has 156 valence electrons. The van der Waals surface area contributed by atoms with E-state index in [9.17, 15) is 4.79 Å². The van der Waals surface area contributed by atoms with Crippen molar-refractivity contribution >= 4 is 11.9 Å². The van der Waals surface area contributed by atoms with Crippen LogP contribution in [0, 0.1) is 5.92 Å². The van der Waals surface area contributed by atoms with Crippen LogP contribution >= 0.6 is 0 Å². The molecule has 1 saturated heterocycles. The lowest BCUT2D eigenvalue weighted by Gasteiger charge is -2.20. The molecule has 1 unspecified atom stereocenters. The minimum absolute atomic E-state index is 0.0448. The Morgan fingerprint density at radius 2 is 2.18 bits per heavy atom. The van der Waals surface area contributed by atoms with Crippen LogP contribution in [0.3, 0.4) is 0 Å². The molecule has 0 aromatic heterocycles. The molecule has 0 spiro atoms. The molecule has 7 nitrogen and oxygen atoms in total. The van der Waals surface area contributed by atoms with Crippen LogP contribution in [0.15, 0.2) is 29.3 Å². The van der Waals surface area contributed by atoms with Crippen LogP contribution in [0.1, 0.15) is 25.8 Å². The van der Waals surface area contributed by atoms with Crippen molar-refractivity contribution in [2.45, 2.75) is 32.9 Å². The normalized spacial score (nSPS) is 17.3. The standard InChI is InChI=1S/C21H35N5O2/c1-16(2)20(27)26-10-9-18(15-26)24-21(22-3)23-14-17-7-6-8-19(13-17)28-12-11-25(4)5/h6-8,13,16,18H,9-12,14-15H2,1-5H3,(H2,22,23,24). The first-order valence-electron chi connectivity index (χ1n) is 10.0. The number of amides is 1. The lowest BCUT2D eigenvalue weighted by molar-refractivity contribution is -0.133. The predicted octanol–water partition coefficient (Wildman–Crippen LogP) is 1.55. The highest BCUT2D eigenvalue weighted by molar-refractivity contribution is 5.81. The lowest BCUT2D eigenvalue weighted by atomic mass is 10.2. The molecule has 0 aliphatic carbocycles. The van der Waals surface area contributed by atoms with Crippen molar-refractivity contribution in [2.75, 3.05) is 47.4 Å². The summed E-state index contributed by atoms with van der Waals surface area (Å²) in [6.45, 7) is 7.64. The van der Waals surface area contributed by atoms with Gasteiger partial charge in [-0.15, -0.1) is 0 Å². The number of nitrogens with zero attached hydrogens (tertiary/aromatic N) is 3. The van der Waals surface area contributed by atoms with E-state index in [1.165, 1.54) is 0 Å². The number of rotatable bonds is 8. The summed E-state index contributed by atoms with van der Waals surface area (Å²) in [5.41, 5.74) is 1.13. The number of hydrogen-bond acceptors (Lipinski definition) is 4. The molecule has 0 saturated carbocycles. The Balaban J connectivity index is 1.80. The zero-order valence-corrected chi connectivity index (χ0v) is 17.9. The van der Waals surface area contributed by atoms with E-state index >= 15 is 0 Å². The number of guanidine groups is 1. The third-order valence-electron chi connectivity index (χ3n) is 4.72. The van der Waals surface area contributed by atoms with Crippen LogP contribution in [0.4, 0.5) is 0 Å². The van der Waals surface area contributed by atoms with Crippen LogP contribution in [0.2, 0.25) is 0 Å². The first kappa shape index (κ1) is 22.0. The summed E-state index contributed by atoms with van der Waals surface area (Å²) in [5, 5.41) is 6.78. The molecule has 1 aromatic carbocycles. The average molecular weight is 390 g/mol. The van der Waals surface area contributed by atoms with Gasteiger partial charge in [0.15, 0.2) is 5.96 Å². The molecular formula is C21H35N5O2. The Morgan fingerprint density at radius 3 is 2.86 bits per heavy atom. The van der Waals surface area contributed by atoms with Crippen LogP contribution in [-0.2, 0) is 11.3 Å². The SMILES string of the molecule is CN=C(NCc1cccc(OCCN(C)C)c1)NC1CCN(C(=O)C(C)C)C1. The van der Waals surface area contributed by atoms with Gasteiger partial charge in [-0.25, -0.2) is 0 Å². The summed E-state index contributed by atoms with van der Waals surface area (Å²) in [6.07, 6.45) is 0.939. The quantitative estimate of drug-likeness (QED) is 0.522. The Kier molecular flexibility index (Phi) is 8.57. The Bertz CT molecular complexity index is 660. The third kappa shape index (κ3) is 7.03. The van der Waals surface area contributed by atoms with Gasteiger partial charge in [-0.05, 0) is 38.2 Å². The van der Waals surface area contributed by atoms with Crippen molar-refractivity contribution in [3.8, 4) is 5.75 Å². The van der Waals surface area contributed by atoms with Gasteiger partial charge in [0.25, 0.3) is 0 Å². The number of aliphatic imine (C=N–C) groups is 1. The van der Waals surface area contributed by atoms with Gasteiger partial charge in [-0.3, -0.25) is 9.79 Å². The molecule has 1 aromatic rings. The highest BCUT2D eigenvalue weighted by Crippen LogP contribution is 2.14. The van der Waals surface area contributed by atoms with Gasteiger partial charge in [0.1, 0.15) is 12.4 Å². The second kappa shape index (κ2) is 10.9. The summed E-state index contributed by atoms with van der Waals surface area (Å²) in [6, 6.07) is 8.33. The highest BCUT2D eigenvalue weighted by atomic mass is 16.5. The van der Waals surface area contributed by atoms with E-state index in [0.29, 0.717) is 13.2 Å². The molecule has 1 heterocycles. The first-order valence-corrected chi connectivity index (χ1v) is 10.0. The van der Waals surface area contributed by atoms with Gasteiger partial charge in [0.05, 0.1) is 0 Å². The summed E-state index contributed by atoms with van der Waals surface area (Å²) < 4.78 is 5.80.